The molecule has 0 radical (unpaired) electrons. The molecule has 0 aliphatic heterocycles. The molecule has 0 bridgehead atoms. The molecular weight excluding hydrogens is 360 g/mol. The van der Waals surface area contributed by atoms with Crippen molar-refractivity contribution >= 4 is 24.0 Å². The van der Waals surface area contributed by atoms with E-state index >= 15 is 0 Å². The monoisotopic (exact) mass is 384 g/mol. The molecule has 0 spiro atoms. The van der Waals surface area contributed by atoms with Crippen molar-refractivity contribution in [1.29, 1.82) is 0 Å². The smallest absolute Gasteiger partial charge is 0.127 e. The van der Waals surface area contributed by atoms with Crippen molar-refractivity contribution in [3.05, 3.63) is 33.3 Å². The first-order valence-electron chi connectivity index (χ1n) is 8.22. The molecule has 1 aromatic rings. The van der Waals surface area contributed by atoms with E-state index in [1.807, 2.05) is 0 Å². The SMILES string of the molecule is CCCC#Cc1cc(C#CCCC)c(C#C[Si](C)(C)C)cc1Br. The van der Waals surface area contributed by atoms with Gasteiger partial charge in [-0.15, -0.1) is 5.54 Å². The van der Waals surface area contributed by atoms with Gasteiger partial charge in [0.25, 0.3) is 0 Å². The van der Waals surface area contributed by atoms with Crippen LogP contribution in [0.2, 0.25) is 19.6 Å². The molecule has 0 aliphatic carbocycles. The molecule has 120 valence electrons. The molecule has 0 atom stereocenters. The standard InChI is InChI=1S/C21H25BrSi/c1-6-8-10-12-18-16-20(13-11-9-7-2)21(22)17-19(18)14-15-23(3,4)5/h16-17H,6-9H2,1-5H3. The Kier molecular flexibility index (Phi) is 8.26. The summed E-state index contributed by atoms with van der Waals surface area (Å²) in [4.78, 5) is 0. The fraction of sp³-hybridized carbons (Fsp3) is 0.429. The van der Waals surface area contributed by atoms with E-state index in [2.05, 4.69) is 96.7 Å². The van der Waals surface area contributed by atoms with Crippen molar-refractivity contribution in [2.45, 2.75) is 59.2 Å². The molecule has 0 N–H and O–H groups in total. The lowest BCUT2D eigenvalue weighted by atomic mass is 10.0. The summed E-state index contributed by atoms with van der Waals surface area (Å²) in [6, 6.07) is 4.14. The minimum Gasteiger partial charge on any atom is -0.127 e. The minimum absolute atomic E-state index is 0.911. The quantitative estimate of drug-likeness (QED) is 0.434. The van der Waals surface area contributed by atoms with Crippen molar-refractivity contribution in [2.24, 2.45) is 0 Å². The van der Waals surface area contributed by atoms with Gasteiger partial charge in [-0.1, -0.05) is 63.1 Å². The summed E-state index contributed by atoms with van der Waals surface area (Å²) in [6.45, 7) is 11.0. The number of unbranched alkanes of at least 4 members (excludes halogenated alkanes) is 2. The molecule has 0 amide bonds. The summed E-state index contributed by atoms with van der Waals surface area (Å²) in [6.07, 6.45) is 3.98. The van der Waals surface area contributed by atoms with E-state index in [1.54, 1.807) is 0 Å². The van der Waals surface area contributed by atoms with Crippen LogP contribution < -0.4 is 0 Å². The highest BCUT2D eigenvalue weighted by atomic mass is 79.9. The second-order valence-corrected chi connectivity index (χ2v) is 12.1. The van der Waals surface area contributed by atoms with Gasteiger partial charge in [0.1, 0.15) is 8.07 Å². The highest BCUT2D eigenvalue weighted by molar-refractivity contribution is 9.10. The van der Waals surface area contributed by atoms with E-state index in [4.69, 9.17) is 0 Å². The van der Waals surface area contributed by atoms with Gasteiger partial charge in [-0.25, -0.2) is 0 Å². The van der Waals surface area contributed by atoms with Crippen LogP contribution >= 0.6 is 15.9 Å². The first kappa shape index (κ1) is 19.6. The zero-order chi connectivity index (χ0) is 17.3. The molecule has 23 heavy (non-hydrogen) atoms. The number of halogens is 1. The summed E-state index contributed by atoms with van der Waals surface area (Å²) < 4.78 is 1.00. The zero-order valence-corrected chi connectivity index (χ0v) is 17.4. The first-order valence-corrected chi connectivity index (χ1v) is 12.5. The average molecular weight is 385 g/mol. The van der Waals surface area contributed by atoms with Gasteiger partial charge in [-0.3, -0.25) is 0 Å². The Morgan fingerprint density at radius 3 is 1.87 bits per heavy atom. The lowest BCUT2D eigenvalue weighted by Gasteiger charge is -2.06. The Balaban J connectivity index is 3.34. The molecule has 2 heteroatoms. The van der Waals surface area contributed by atoms with Crippen LogP contribution in [-0.2, 0) is 0 Å². The molecule has 0 saturated heterocycles. The van der Waals surface area contributed by atoms with Crippen LogP contribution in [-0.4, -0.2) is 8.07 Å². The maximum absolute atomic E-state index is 3.63. The van der Waals surface area contributed by atoms with Crippen LogP contribution in [0.25, 0.3) is 0 Å². The Morgan fingerprint density at radius 1 is 0.826 bits per heavy atom. The molecule has 0 aromatic heterocycles. The van der Waals surface area contributed by atoms with Crippen LogP contribution in [0.4, 0.5) is 0 Å². The molecule has 0 nitrogen and oxygen atoms in total. The van der Waals surface area contributed by atoms with Crippen molar-refractivity contribution in [1.82, 2.24) is 0 Å². The fourth-order valence-electron chi connectivity index (χ4n) is 1.70. The van der Waals surface area contributed by atoms with Crippen molar-refractivity contribution < 1.29 is 0 Å². The summed E-state index contributed by atoms with van der Waals surface area (Å²) in [5.41, 5.74) is 6.43. The second-order valence-electron chi connectivity index (χ2n) is 6.48. The molecule has 0 aliphatic rings. The van der Waals surface area contributed by atoms with Crippen LogP contribution in [0, 0.1) is 35.1 Å². The van der Waals surface area contributed by atoms with E-state index in [-0.39, 0.29) is 0 Å². The molecule has 0 heterocycles. The fourth-order valence-corrected chi connectivity index (χ4v) is 2.65. The predicted octanol–water partition coefficient (Wildman–Crippen LogP) is 5.98. The van der Waals surface area contributed by atoms with Crippen LogP contribution in [0.3, 0.4) is 0 Å². The van der Waals surface area contributed by atoms with Crippen LogP contribution in [0.1, 0.15) is 56.2 Å². The lowest BCUT2D eigenvalue weighted by molar-refractivity contribution is 0.983. The van der Waals surface area contributed by atoms with Gasteiger partial charge in [0.05, 0.1) is 0 Å². The van der Waals surface area contributed by atoms with E-state index in [0.717, 1.165) is 46.8 Å². The van der Waals surface area contributed by atoms with E-state index in [0.29, 0.717) is 0 Å². The van der Waals surface area contributed by atoms with E-state index in [9.17, 15) is 0 Å². The third-order valence-electron chi connectivity index (χ3n) is 2.88. The van der Waals surface area contributed by atoms with Crippen molar-refractivity contribution in [3.8, 4) is 35.1 Å². The van der Waals surface area contributed by atoms with Gasteiger partial charge in [0.15, 0.2) is 0 Å². The predicted molar refractivity (Wildman–Crippen MR) is 108 cm³/mol. The summed E-state index contributed by atoms with van der Waals surface area (Å²) in [7, 11) is -1.41. The maximum atomic E-state index is 3.63. The summed E-state index contributed by atoms with van der Waals surface area (Å²) >= 11 is 3.63. The Bertz CT molecular complexity index is 719. The lowest BCUT2D eigenvalue weighted by Crippen LogP contribution is -2.16. The van der Waals surface area contributed by atoms with Gasteiger partial charge < -0.3 is 0 Å². The normalized spacial score (nSPS) is 9.83. The molecule has 0 unspecified atom stereocenters. The highest BCUT2D eigenvalue weighted by Crippen LogP contribution is 2.21. The summed E-state index contributed by atoms with van der Waals surface area (Å²) in [5.74, 6) is 16.3. The third kappa shape index (κ3) is 7.61. The first-order chi connectivity index (χ1) is 10.9. The van der Waals surface area contributed by atoms with Crippen molar-refractivity contribution in [2.75, 3.05) is 0 Å². The van der Waals surface area contributed by atoms with Gasteiger partial charge in [0.2, 0.25) is 0 Å². The topological polar surface area (TPSA) is 0 Å². The highest BCUT2D eigenvalue weighted by Gasteiger charge is 2.09. The van der Waals surface area contributed by atoms with E-state index < -0.39 is 8.07 Å². The largest absolute Gasteiger partial charge is 0.129 e. The molecule has 1 rings (SSSR count). The number of hydrogen-bond donors (Lipinski definition) is 0. The van der Waals surface area contributed by atoms with Gasteiger partial charge >= 0.3 is 0 Å². The number of hydrogen-bond acceptors (Lipinski definition) is 0. The average Bonchev–Trinajstić information content (AvgIpc) is 2.48. The Hall–Kier alpha value is -1.40. The van der Waals surface area contributed by atoms with Crippen molar-refractivity contribution in [3.63, 3.8) is 0 Å². The molecule has 0 fully saturated rings. The molecule has 1 aromatic carbocycles. The third-order valence-corrected chi connectivity index (χ3v) is 4.41. The van der Waals surface area contributed by atoms with Crippen LogP contribution in [0.15, 0.2) is 16.6 Å². The maximum Gasteiger partial charge on any atom is 0.129 e. The Morgan fingerprint density at radius 2 is 1.35 bits per heavy atom. The zero-order valence-electron chi connectivity index (χ0n) is 14.9. The molecule has 0 saturated carbocycles. The Labute approximate surface area is 151 Å². The summed E-state index contributed by atoms with van der Waals surface area (Å²) in [5, 5.41) is 0. The number of benzene rings is 1. The number of rotatable bonds is 2. The van der Waals surface area contributed by atoms with E-state index in [1.165, 1.54) is 0 Å². The second kappa shape index (κ2) is 9.67. The van der Waals surface area contributed by atoms with Gasteiger partial charge in [-0.05, 0) is 40.9 Å². The van der Waals surface area contributed by atoms with Crippen LogP contribution in [0.5, 0.6) is 0 Å². The minimum atomic E-state index is -1.41. The molecular formula is C21H25BrSi. The van der Waals surface area contributed by atoms with Gasteiger partial charge in [0, 0.05) is 34.0 Å². The van der Waals surface area contributed by atoms with Gasteiger partial charge in [-0.2, -0.15) is 0 Å².